The maximum absolute atomic E-state index is 5.96. The fourth-order valence-corrected chi connectivity index (χ4v) is 2.92. The number of halogens is 3. The molecule has 94 valence electrons. The van der Waals surface area contributed by atoms with Crippen LogP contribution in [0.15, 0.2) is 38.9 Å². The highest BCUT2D eigenvalue weighted by Gasteiger charge is 2.10. The third-order valence-corrected chi connectivity index (χ3v) is 4.74. The van der Waals surface area contributed by atoms with Crippen LogP contribution in [0.25, 0.3) is 0 Å². The van der Waals surface area contributed by atoms with E-state index in [1.165, 1.54) is 18.1 Å². The molecule has 0 radical (unpaired) electrons. The first-order valence-corrected chi connectivity index (χ1v) is 7.08. The lowest BCUT2D eigenvalue weighted by atomic mass is 10.4. The van der Waals surface area contributed by atoms with Crippen LogP contribution in [0.4, 0.5) is 5.82 Å². The topological polar surface area (TPSA) is 63.8 Å². The Labute approximate surface area is 126 Å². The minimum absolute atomic E-state index is 0.504. The first-order chi connectivity index (χ1) is 8.61. The SMILES string of the molecule is NNc1ncnc(Sc2ccc(Cl)c(Cl)c2)c1Br. The normalized spacial score (nSPS) is 10.4. The molecule has 0 aliphatic rings. The summed E-state index contributed by atoms with van der Waals surface area (Å²) in [5.41, 5.74) is 2.48. The molecule has 4 nitrogen and oxygen atoms in total. The van der Waals surface area contributed by atoms with Crippen molar-refractivity contribution >= 4 is 56.7 Å². The fraction of sp³-hybridized carbons (Fsp3) is 0. The number of benzene rings is 1. The molecule has 0 amide bonds. The van der Waals surface area contributed by atoms with Gasteiger partial charge in [0.25, 0.3) is 0 Å². The molecule has 0 spiro atoms. The van der Waals surface area contributed by atoms with Gasteiger partial charge in [0.1, 0.15) is 11.4 Å². The maximum atomic E-state index is 5.96. The largest absolute Gasteiger partial charge is 0.307 e. The fourth-order valence-electron chi connectivity index (χ4n) is 1.18. The molecule has 0 unspecified atom stereocenters. The zero-order valence-electron chi connectivity index (χ0n) is 8.82. The van der Waals surface area contributed by atoms with Gasteiger partial charge in [-0.25, -0.2) is 15.8 Å². The number of rotatable bonds is 3. The van der Waals surface area contributed by atoms with E-state index in [4.69, 9.17) is 29.0 Å². The summed E-state index contributed by atoms with van der Waals surface area (Å²) in [6, 6.07) is 5.38. The van der Waals surface area contributed by atoms with Crippen molar-refractivity contribution < 1.29 is 0 Å². The summed E-state index contributed by atoms with van der Waals surface area (Å²) in [4.78, 5) is 9.07. The van der Waals surface area contributed by atoms with Crippen LogP contribution in [0.5, 0.6) is 0 Å². The van der Waals surface area contributed by atoms with Crippen LogP contribution in [-0.2, 0) is 0 Å². The van der Waals surface area contributed by atoms with Crippen LogP contribution in [-0.4, -0.2) is 9.97 Å². The number of hydrogen-bond donors (Lipinski definition) is 2. The van der Waals surface area contributed by atoms with Gasteiger partial charge < -0.3 is 5.43 Å². The number of nitrogens with one attached hydrogen (secondary N) is 1. The van der Waals surface area contributed by atoms with Crippen LogP contribution in [0.1, 0.15) is 0 Å². The Bertz CT molecular complexity index is 582. The first kappa shape index (κ1) is 13.9. The average Bonchev–Trinajstić information content (AvgIpc) is 2.36. The summed E-state index contributed by atoms with van der Waals surface area (Å²) in [5.74, 6) is 5.86. The van der Waals surface area contributed by atoms with Gasteiger partial charge in [-0.1, -0.05) is 35.0 Å². The van der Waals surface area contributed by atoms with E-state index in [0.717, 1.165) is 9.92 Å². The first-order valence-electron chi connectivity index (χ1n) is 4.72. The van der Waals surface area contributed by atoms with Crippen molar-refractivity contribution in [1.29, 1.82) is 0 Å². The predicted octanol–water partition coefficient (Wildman–Crippen LogP) is 3.98. The van der Waals surface area contributed by atoms with E-state index in [1.807, 2.05) is 6.07 Å². The van der Waals surface area contributed by atoms with E-state index in [0.29, 0.717) is 20.3 Å². The van der Waals surface area contributed by atoms with Crippen molar-refractivity contribution in [1.82, 2.24) is 9.97 Å². The number of aromatic nitrogens is 2. The van der Waals surface area contributed by atoms with Gasteiger partial charge in [-0.2, -0.15) is 0 Å². The van der Waals surface area contributed by atoms with E-state index in [2.05, 4.69) is 31.3 Å². The highest BCUT2D eigenvalue weighted by molar-refractivity contribution is 9.10. The molecule has 0 saturated heterocycles. The summed E-state index contributed by atoms with van der Waals surface area (Å²) < 4.78 is 0.698. The van der Waals surface area contributed by atoms with Crippen LogP contribution in [0, 0.1) is 0 Å². The number of hydrazine groups is 1. The number of nitrogen functional groups attached to an aromatic ring is 1. The lowest BCUT2D eigenvalue weighted by Crippen LogP contribution is -2.09. The van der Waals surface area contributed by atoms with E-state index in [-0.39, 0.29) is 0 Å². The third-order valence-electron chi connectivity index (χ3n) is 2.00. The Hall–Kier alpha value is -0.530. The number of nitrogens with two attached hydrogens (primary N) is 1. The second-order valence-corrected chi connectivity index (χ2v) is 5.83. The summed E-state index contributed by atoms with van der Waals surface area (Å²) >= 11 is 16.6. The van der Waals surface area contributed by atoms with Crippen molar-refractivity contribution in [3.63, 3.8) is 0 Å². The van der Waals surface area contributed by atoms with Crippen LogP contribution in [0.3, 0.4) is 0 Å². The highest BCUT2D eigenvalue weighted by atomic mass is 79.9. The van der Waals surface area contributed by atoms with Gasteiger partial charge in [0.15, 0.2) is 5.82 Å². The molecule has 8 heteroatoms. The minimum Gasteiger partial charge on any atom is -0.307 e. The van der Waals surface area contributed by atoms with Gasteiger partial charge in [0, 0.05) is 4.90 Å². The molecule has 0 aliphatic heterocycles. The Kier molecular flexibility index (Phi) is 4.69. The molecular weight excluding hydrogens is 359 g/mol. The van der Waals surface area contributed by atoms with Crippen molar-refractivity contribution in [2.24, 2.45) is 5.84 Å². The lowest BCUT2D eigenvalue weighted by Gasteiger charge is -2.07. The Morgan fingerprint density at radius 2 is 2.00 bits per heavy atom. The van der Waals surface area contributed by atoms with Crippen molar-refractivity contribution in [2.75, 3.05) is 5.43 Å². The zero-order valence-corrected chi connectivity index (χ0v) is 12.7. The zero-order chi connectivity index (χ0) is 13.1. The second-order valence-electron chi connectivity index (χ2n) is 3.16. The smallest absolute Gasteiger partial charge is 0.158 e. The molecule has 18 heavy (non-hydrogen) atoms. The molecule has 2 rings (SSSR count). The monoisotopic (exact) mass is 364 g/mol. The van der Waals surface area contributed by atoms with E-state index in [9.17, 15) is 0 Å². The standard InChI is InChI=1S/C10H7BrCl2N4S/c11-8-9(17-14)15-4-16-10(8)18-5-1-2-6(12)7(13)3-5/h1-4H,14H2,(H,15,16,17). The average molecular weight is 366 g/mol. The second kappa shape index (κ2) is 6.08. The summed E-state index contributed by atoms with van der Waals surface area (Å²) in [6.07, 6.45) is 1.43. The maximum Gasteiger partial charge on any atom is 0.158 e. The molecule has 1 aromatic heterocycles. The quantitative estimate of drug-likeness (QED) is 0.489. The van der Waals surface area contributed by atoms with Crippen LogP contribution >= 0.6 is 50.9 Å². The lowest BCUT2D eigenvalue weighted by molar-refractivity contribution is 1.02. The van der Waals surface area contributed by atoms with Crippen molar-refractivity contribution in [3.8, 4) is 0 Å². The number of anilines is 1. The molecular formula is C10H7BrCl2N4S. The Morgan fingerprint density at radius 1 is 1.22 bits per heavy atom. The van der Waals surface area contributed by atoms with E-state index < -0.39 is 0 Å². The highest BCUT2D eigenvalue weighted by Crippen LogP contribution is 2.36. The molecule has 0 fully saturated rings. The summed E-state index contributed by atoms with van der Waals surface area (Å²) in [5, 5.41) is 1.76. The summed E-state index contributed by atoms with van der Waals surface area (Å²) in [7, 11) is 0. The van der Waals surface area contributed by atoms with E-state index in [1.54, 1.807) is 12.1 Å². The van der Waals surface area contributed by atoms with Crippen molar-refractivity contribution in [2.45, 2.75) is 9.92 Å². The summed E-state index contributed by atoms with van der Waals surface area (Å²) in [6.45, 7) is 0. The van der Waals surface area contributed by atoms with Crippen molar-refractivity contribution in [3.05, 3.63) is 39.0 Å². The number of hydrogen-bond acceptors (Lipinski definition) is 5. The van der Waals surface area contributed by atoms with Crippen LogP contribution < -0.4 is 11.3 Å². The van der Waals surface area contributed by atoms with Gasteiger partial charge in [-0.15, -0.1) is 0 Å². The van der Waals surface area contributed by atoms with E-state index >= 15 is 0 Å². The molecule has 2 aromatic rings. The van der Waals surface area contributed by atoms with Gasteiger partial charge >= 0.3 is 0 Å². The number of nitrogens with zero attached hydrogens (tertiary/aromatic N) is 2. The van der Waals surface area contributed by atoms with Crippen LogP contribution in [0.2, 0.25) is 10.0 Å². The van der Waals surface area contributed by atoms with Gasteiger partial charge in [-0.3, -0.25) is 0 Å². The van der Waals surface area contributed by atoms with Gasteiger partial charge in [0.05, 0.1) is 14.5 Å². The molecule has 1 aromatic carbocycles. The third kappa shape index (κ3) is 3.07. The minimum atomic E-state index is 0.504. The molecule has 0 atom stereocenters. The molecule has 0 bridgehead atoms. The molecule has 0 aliphatic carbocycles. The molecule has 3 N–H and O–H groups in total. The van der Waals surface area contributed by atoms with Gasteiger partial charge in [0.2, 0.25) is 0 Å². The molecule has 0 saturated carbocycles. The predicted molar refractivity (Wildman–Crippen MR) is 78.1 cm³/mol. The Balaban J connectivity index is 2.31. The molecule has 1 heterocycles. The van der Waals surface area contributed by atoms with Gasteiger partial charge in [-0.05, 0) is 34.1 Å². The Morgan fingerprint density at radius 3 is 2.67 bits per heavy atom.